The Labute approximate surface area is 205 Å². The second-order valence-electron chi connectivity index (χ2n) is 9.26. The number of hydrazone groups is 1. The average Bonchev–Trinajstić information content (AvgIpc) is 3.56. The summed E-state index contributed by atoms with van der Waals surface area (Å²) in [5.74, 6) is -0.00923. The van der Waals surface area contributed by atoms with Gasteiger partial charge in [-0.25, -0.2) is 5.01 Å². The molecule has 0 radical (unpaired) electrons. The van der Waals surface area contributed by atoms with E-state index < -0.39 is 0 Å². The topological polar surface area (TPSA) is 76.5 Å². The molecule has 0 aliphatic carbocycles. The molecule has 3 heterocycles. The molecule has 182 valence electrons. The molecule has 3 amide bonds. The van der Waals surface area contributed by atoms with Crippen molar-refractivity contribution in [2.45, 2.75) is 25.7 Å². The third kappa shape index (κ3) is 5.27. The molecule has 8 nitrogen and oxygen atoms in total. The van der Waals surface area contributed by atoms with Crippen molar-refractivity contribution >= 4 is 29.1 Å². The molecule has 3 aliphatic heterocycles. The molecule has 0 N–H and O–H groups in total. The van der Waals surface area contributed by atoms with Gasteiger partial charge in [-0.2, -0.15) is 5.10 Å². The quantitative estimate of drug-likeness (QED) is 0.644. The van der Waals surface area contributed by atoms with Crippen molar-refractivity contribution < 1.29 is 14.4 Å². The minimum Gasteiger partial charge on any atom is -0.340 e. The molecule has 0 saturated carbocycles. The monoisotopic (exact) mass is 473 g/mol. The van der Waals surface area contributed by atoms with Crippen molar-refractivity contribution in [3.63, 3.8) is 0 Å². The summed E-state index contributed by atoms with van der Waals surface area (Å²) < 4.78 is 0. The van der Waals surface area contributed by atoms with Crippen molar-refractivity contribution in [2.75, 3.05) is 50.7 Å². The lowest BCUT2D eigenvalue weighted by atomic mass is 10.1. The van der Waals surface area contributed by atoms with Crippen LogP contribution in [0.2, 0.25) is 0 Å². The Balaban J connectivity index is 1.05. The number of carbonyl (C=O) groups is 3. The fourth-order valence-electron chi connectivity index (χ4n) is 5.00. The van der Waals surface area contributed by atoms with Crippen molar-refractivity contribution in [1.29, 1.82) is 0 Å². The molecule has 2 aromatic rings. The molecule has 8 heteroatoms. The first-order valence-electron chi connectivity index (χ1n) is 12.4. The number of fused-ring (bicyclic) bond motifs is 1. The van der Waals surface area contributed by atoms with E-state index in [0.29, 0.717) is 39.3 Å². The second-order valence-corrected chi connectivity index (χ2v) is 9.26. The van der Waals surface area contributed by atoms with Crippen LogP contribution in [0.3, 0.4) is 0 Å². The van der Waals surface area contributed by atoms with E-state index in [9.17, 15) is 14.4 Å². The Bertz CT molecular complexity index is 1120. The van der Waals surface area contributed by atoms with E-state index in [2.05, 4.69) is 16.1 Å². The molecule has 2 aromatic carbocycles. The van der Waals surface area contributed by atoms with E-state index >= 15 is 0 Å². The van der Waals surface area contributed by atoms with Crippen molar-refractivity contribution in [3.05, 3.63) is 65.7 Å². The Morgan fingerprint density at radius 2 is 1.43 bits per heavy atom. The maximum absolute atomic E-state index is 12.9. The summed E-state index contributed by atoms with van der Waals surface area (Å²) in [5.41, 5.74) is 4.19. The van der Waals surface area contributed by atoms with E-state index in [1.54, 1.807) is 0 Å². The van der Waals surface area contributed by atoms with Gasteiger partial charge in [-0.1, -0.05) is 48.5 Å². The largest absolute Gasteiger partial charge is 0.340 e. The summed E-state index contributed by atoms with van der Waals surface area (Å²) in [6, 6.07) is 17.9. The number of piperazine rings is 1. The molecule has 1 fully saturated rings. The van der Waals surface area contributed by atoms with E-state index in [4.69, 9.17) is 0 Å². The van der Waals surface area contributed by atoms with Crippen LogP contribution in [0, 0.1) is 0 Å². The van der Waals surface area contributed by atoms with Crippen molar-refractivity contribution in [3.8, 4) is 0 Å². The lowest BCUT2D eigenvalue weighted by Gasteiger charge is -2.35. The molecule has 5 rings (SSSR count). The minimum absolute atomic E-state index is 0.00995. The normalized spacial score (nSPS) is 17.9. The van der Waals surface area contributed by atoms with Crippen LogP contribution in [0.25, 0.3) is 0 Å². The Morgan fingerprint density at radius 3 is 2.23 bits per heavy atom. The van der Waals surface area contributed by atoms with Gasteiger partial charge in [0.05, 0.1) is 18.8 Å². The van der Waals surface area contributed by atoms with E-state index in [-0.39, 0.29) is 30.6 Å². The summed E-state index contributed by atoms with van der Waals surface area (Å²) in [6.07, 6.45) is 1.99. The standard InChI is InChI=1S/C27H31N5O3/c33-25(10-11-26(34)32-15-13-23(28-32)21-6-2-1-3-7-21)30-18-16-29(17-19-30)20-27(35)31-14-12-22-8-4-5-9-24(22)31/h1-9H,10-20H2. The van der Waals surface area contributed by atoms with Gasteiger partial charge in [0.1, 0.15) is 0 Å². The number of hydrogen-bond donors (Lipinski definition) is 0. The number of rotatable bonds is 6. The van der Waals surface area contributed by atoms with Crippen molar-refractivity contribution in [1.82, 2.24) is 14.8 Å². The summed E-state index contributed by atoms with van der Waals surface area (Å²) in [6.45, 7) is 4.15. The Hall–Kier alpha value is -3.52. The maximum atomic E-state index is 12.9. The predicted octanol–water partition coefficient (Wildman–Crippen LogP) is 2.14. The molecular formula is C27H31N5O3. The molecule has 0 aromatic heterocycles. The van der Waals surface area contributed by atoms with Crippen LogP contribution in [0.5, 0.6) is 0 Å². The van der Waals surface area contributed by atoms with Crippen LogP contribution in [0.4, 0.5) is 5.69 Å². The fourth-order valence-corrected chi connectivity index (χ4v) is 5.00. The molecule has 3 aliphatic rings. The molecule has 0 unspecified atom stereocenters. The predicted molar refractivity (Wildman–Crippen MR) is 134 cm³/mol. The van der Waals surface area contributed by atoms with Crippen molar-refractivity contribution in [2.24, 2.45) is 5.10 Å². The van der Waals surface area contributed by atoms with E-state index in [0.717, 1.165) is 36.3 Å². The summed E-state index contributed by atoms with van der Waals surface area (Å²) in [7, 11) is 0. The van der Waals surface area contributed by atoms with Gasteiger partial charge in [0.15, 0.2) is 0 Å². The lowest BCUT2D eigenvalue weighted by Crippen LogP contribution is -2.51. The first kappa shape index (κ1) is 23.2. The number of para-hydroxylation sites is 1. The molecule has 35 heavy (non-hydrogen) atoms. The maximum Gasteiger partial charge on any atom is 0.243 e. The van der Waals surface area contributed by atoms with Crippen LogP contribution < -0.4 is 4.90 Å². The highest BCUT2D eigenvalue weighted by Crippen LogP contribution is 2.27. The number of carbonyl (C=O) groups excluding carboxylic acids is 3. The zero-order valence-electron chi connectivity index (χ0n) is 19.9. The highest BCUT2D eigenvalue weighted by atomic mass is 16.2. The lowest BCUT2D eigenvalue weighted by molar-refractivity contribution is -0.138. The summed E-state index contributed by atoms with van der Waals surface area (Å²) >= 11 is 0. The number of benzene rings is 2. The van der Waals surface area contributed by atoms with Gasteiger partial charge >= 0.3 is 0 Å². The smallest absolute Gasteiger partial charge is 0.243 e. The number of amides is 3. The van der Waals surface area contributed by atoms with E-state index in [1.165, 1.54) is 10.6 Å². The molecular weight excluding hydrogens is 442 g/mol. The molecule has 0 spiro atoms. The van der Waals surface area contributed by atoms with Crippen LogP contribution in [-0.4, -0.2) is 84.1 Å². The van der Waals surface area contributed by atoms with Crippen LogP contribution in [0.1, 0.15) is 30.4 Å². The van der Waals surface area contributed by atoms with Crippen LogP contribution in [-0.2, 0) is 20.8 Å². The van der Waals surface area contributed by atoms with Gasteiger partial charge in [0, 0.05) is 57.7 Å². The molecule has 1 saturated heterocycles. The number of hydrogen-bond acceptors (Lipinski definition) is 5. The van der Waals surface area contributed by atoms with Crippen LogP contribution >= 0.6 is 0 Å². The minimum atomic E-state index is -0.112. The number of nitrogens with zero attached hydrogens (tertiary/aromatic N) is 5. The number of anilines is 1. The Morgan fingerprint density at radius 1 is 0.714 bits per heavy atom. The van der Waals surface area contributed by atoms with Gasteiger partial charge in [-0.3, -0.25) is 19.3 Å². The van der Waals surface area contributed by atoms with Gasteiger partial charge in [-0.05, 0) is 23.6 Å². The third-order valence-corrected chi connectivity index (χ3v) is 7.02. The highest BCUT2D eigenvalue weighted by Gasteiger charge is 2.28. The highest BCUT2D eigenvalue weighted by molar-refractivity contribution is 6.02. The zero-order chi connectivity index (χ0) is 24.2. The van der Waals surface area contributed by atoms with Crippen LogP contribution in [0.15, 0.2) is 59.7 Å². The Kier molecular flexibility index (Phi) is 6.90. The van der Waals surface area contributed by atoms with E-state index in [1.807, 2.05) is 58.3 Å². The molecule has 0 atom stereocenters. The van der Waals surface area contributed by atoms with Gasteiger partial charge in [0.2, 0.25) is 17.7 Å². The molecule has 0 bridgehead atoms. The average molecular weight is 474 g/mol. The first-order valence-corrected chi connectivity index (χ1v) is 12.4. The SMILES string of the molecule is O=C(CCC(=O)N1CCC(c2ccccc2)=N1)N1CCN(CC(=O)N2CCc3ccccc32)CC1. The fraction of sp³-hybridized carbons (Fsp3) is 0.407. The summed E-state index contributed by atoms with van der Waals surface area (Å²) in [4.78, 5) is 44.0. The van der Waals surface area contributed by atoms with Gasteiger partial charge < -0.3 is 9.80 Å². The second kappa shape index (κ2) is 10.4. The van der Waals surface area contributed by atoms with Gasteiger partial charge in [0.25, 0.3) is 0 Å². The third-order valence-electron chi connectivity index (χ3n) is 7.02. The summed E-state index contributed by atoms with van der Waals surface area (Å²) in [5, 5.41) is 5.96. The zero-order valence-corrected chi connectivity index (χ0v) is 19.9. The first-order chi connectivity index (χ1) is 17.1. The van der Waals surface area contributed by atoms with Gasteiger partial charge in [-0.15, -0.1) is 0 Å².